The van der Waals surface area contributed by atoms with E-state index in [0.717, 1.165) is 15.9 Å². The van der Waals surface area contributed by atoms with Crippen molar-refractivity contribution in [2.75, 3.05) is 5.43 Å². The Hall–Kier alpha value is -1.33. The molecule has 96 valence electrons. The van der Waals surface area contributed by atoms with Gasteiger partial charge in [-0.25, -0.2) is 15.8 Å². The monoisotopic (exact) mass is 262 g/mol. The molecule has 1 heterocycles. The molecule has 0 fully saturated rings. The highest BCUT2D eigenvalue weighted by atomic mass is 32.2. The van der Waals surface area contributed by atoms with Crippen molar-refractivity contribution in [2.24, 2.45) is 11.8 Å². The number of nitrogens with zero attached hydrogens (tertiary/aromatic N) is 2. The minimum absolute atomic E-state index is 0.465. The summed E-state index contributed by atoms with van der Waals surface area (Å²) >= 11 is 1.76. The standard InChI is InChI=1S/C13H18N4S/c1-8(2)9(3)18-12-10-6-4-5-7-11(10)15-13(16-12)17-14/h4-9H,14H2,1-3H3,(H,15,16,17). The Bertz CT molecular complexity index is 542. The molecule has 2 aromatic rings. The van der Waals surface area contributed by atoms with Gasteiger partial charge in [0.2, 0.25) is 5.95 Å². The maximum atomic E-state index is 5.42. The van der Waals surface area contributed by atoms with Crippen LogP contribution < -0.4 is 11.3 Å². The van der Waals surface area contributed by atoms with Crippen LogP contribution in [-0.2, 0) is 0 Å². The highest BCUT2D eigenvalue weighted by Crippen LogP contribution is 2.31. The van der Waals surface area contributed by atoms with E-state index in [0.29, 0.717) is 17.1 Å². The van der Waals surface area contributed by atoms with Gasteiger partial charge in [-0.2, -0.15) is 0 Å². The highest BCUT2D eigenvalue weighted by Gasteiger charge is 2.13. The first-order valence-corrected chi connectivity index (χ1v) is 6.90. The maximum absolute atomic E-state index is 5.42. The lowest BCUT2D eigenvalue weighted by Crippen LogP contribution is -2.12. The number of aromatic nitrogens is 2. The molecule has 4 nitrogen and oxygen atoms in total. The molecule has 3 N–H and O–H groups in total. The van der Waals surface area contributed by atoms with Crippen molar-refractivity contribution in [3.8, 4) is 0 Å². The Balaban J connectivity index is 2.47. The molecule has 0 aliphatic rings. The zero-order chi connectivity index (χ0) is 13.1. The first-order chi connectivity index (χ1) is 8.61. The van der Waals surface area contributed by atoms with Gasteiger partial charge in [0.15, 0.2) is 0 Å². The molecule has 2 rings (SSSR count). The molecule has 0 radical (unpaired) electrons. The molecule has 0 saturated heterocycles. The third-order valence-electron chi connectivity index (χ3n) is 2.93. The summed E-state index contributed by atoms with van der Waals surface area (Å²) in [6, 6.07) is 7.99. The van der Waals surface area contributed by atoms with E-state index in [-0.39, 0.29) is 0 Å². The van der Waals surface area contributed by atoms with Crippen molar-refractivity contribution < 1.29 is 0 Å². The fraction of sp³-hybridized carbons (Fsp3) is 0.385. The molecule has 0 saturated carbocycles. The van der Waals surface area contributed by atoms with Gasteiger partial charge in [-0.15, -0.1) is 11.8 Å². The molecule has 0 amide bonds. The normalized spacial score (nSPS) is 12.9. The minimum atomic E-state index is 0.465. The lowest BCUT2D eigenvalue weighted by Gasteiger charge is -2.15. The van der Waals surface area contributed by atoms with Crippen LogP contribution >= 0.6 is 11.8 Å². The molecule has 1 atom stereocenters. The summed E-state index contributed by atoms with van der Waals surface area (Å²) < 4.78 is 0. The van der Waals surface area contributed by atoms with Crippen LogP contribution in [0.25, 0.3) is 10.9 Å². The lowest BCUT2D eigenvalue weighted by atomic mass is 10.2. The van der Waals surface area contributed by atoms with Crippen LogP contribution in [0.2, 0.25) is 0 Å². The van der Waals surface area contributed by atoms with Crippen molar-refractivity contribution in [3.05, 3.63) is 24.3 Å². The number of nitrogen functional groups attached to an aromatic ring is 1. The van der Waals surface area contributed by atoms with Gasteiger partial charge in [-0.1, -0.05) is 39.0 Å². The van der Waals surface area contributed by atoms with Crippen LogP contribution in [0, 0.1) is 5.92 Å². The predicted octanol–water partition coefficient (Wildman–Crippen LogP) is 3.05. The zero-order valence-electron chi connectivity index (χ0n) is 10.8. The lowest BCUT2D eigenvalue weighted by molar-refractivity contribution is 0.642. The van der Waals surface area contributed by atoms with Gasteiger partial charge >= 0.3 is 0 Å². The van der Waals surface area contributed by atoms with Gasteiger partial charge in [-0.3, -0.25) is 5.43 Å². The number of hydrogen-bond acceptors (Lipinski definition) is 5. The minimum Gasteiger partial charge on any atom is -0.292 e. The molecule has 0 bridgehead atoms. The maximum Gasteiger partial charge on any atom is 0.238 e. The van der Waals surface area contributed by atoms with E-state index in [1.807, 2.05) is 24.3 Å². The fourth-order valence-corrected chi connectivity index (χ4v) is 2.58. The molecular weight excluding hydrogens is 244 g/mol. The number of benzene rings is 1. The van der Waals surface area contributed by atoms with Crippen molar-refractivity contribution in [3.63, 3.8) is 0 Å². The number of para-hydroxylation sites is 1. The Morgan fingerprint density at radius 3 is 2.56 bits per heavy atom. The number of hydrogen-bond donors (Lipinski definition) is 2. The number of anilines is 1. The molecule has 18 heavy (non-hydrogen) atoms. The SMILES string of the molecule is CC(C)C(C)Sc1nc(NN)nc2ccccc12. The topological polar surface area (TPSA) is 63.8 Å². The second-order valence-corrected chi connectivity index (χ2v) is 5.95. The quantitative estimate of drug-likeness (QED) is 0.384. The smallest absolute Gasteiger partial charge is 0.238 e. The Labute approximate surface area is 111 Å². The molecule has 1 unspecified atom stereocenters. The Morgan fingerprint density at radius 2 is 1.89 bits per heavy atom. The second kappa shape index (κ2) is 5.54. The van der Waals surface area contributed by atoms with E-state index < -0.39 is 0 Å². The van der Waals surface area contributed by atoms with Crippen LogP contribution in [0.3, 0.4) is 0 Å². The predicted molar refractivity (Wildman–Crippen MR) is 77.5 cm³/mol. The highest BCUT2D eigenvalue weighted by molar-refractivity contribution is 8.00. The molecule has 1 aromatic carbocycles. The average molecular weight is 262 g/mol. The largest absolute Gasteiger partial charge is 0.292 e. The van der Waals surface area contributed by atoms with E-state index in [2.05, 4.69) is 36.2 Å². The molecule has 1 aromatic heterocycles. The Morgan fingerprint density at radius 1 is 1.17 bits per heavy atom. The summed E-state index contributed by atoms with van der Waals surface area (Å²) in [5, 5.41) is 2.55. The fourth-order valence-electron chi connectivity index (χ4n) is 1.51. The molecular formula is C13H18N4S. The van der Waals surface area contributed by atoms with Gasteiger partial charge in [0.1, 0.15) is 5.03 Å². The van der Waals surface area contributed by atoms with Crippen molar-refractivity contribution >= 4 is 28.6 Å². The van der Waals surface area contributed by atoms with E-state index in [1.165, 1.54) is 0 Å². The average Bonchev–Trinajstić information content (AvgIpc) is 2.38. The third-order valence-corrected chi connectivity index (χ3v) is 4.38. The Kier molecular flexibility index (Phi) is 4.04. The number of hydrazine groups is 1. The number of nitrogens with two attached hydrogens (primary N) is 1. The first kappa shape index (κ1) is 13.1. The summed E-state index contributed by atoms with van der Waals surface area (Å²) in [5.74, 6) is 6.48. The van der Waals surface area contributed by atoms with Crippen LogP contribution in [0.15, 0.2) is 29.3 Å². The van der Waals surface area contributed by atoms with Gasteiger partial charge in [0.05, 0.1) is 5.52 Å². The molecule has 0 spiro atoms. The number of rotatable bonds is 4. The molecule has 5 heteroatoms. The van der Waals surface area contributed by atoms with Crippen LogP contribution in [0.5, 0.6) is 0 Å². The molecule has 0 aliphatic carbocycles. The zero-order valence-corrected chi connectivity index (χ0v) is 11.7. The third kappa shape index (κ3) is 2.73. The van der Waals surface area contributed by atoms with E-state index in [1.54, 1.807) is 11.8 Å². The van der Waals surface area contributed by atoms with Crippen LogP contribution in [-0.4, -0.2) is 15.2 Å². The van der Waals surface area contributed by atoms with E-state index in [4.69, 9.17) is 5.84 Å². The van der Waals surface area contributed by atoms with E-state index >= 15 is 0 Å². The number of thioether (sulfide) groups is 1. The summed E-state index contributed by atoms with van der Waals surface area (Å²) in [5.41, 5.74) is 3.44. The van der Waals surface area contributed by atoms with Crippen LogP contribution in [0.4, 0.5) is 5.95 Å². The number of nitrogens with one attached hydrogen (secondary N) is 1. The summed E-state index contributed by atoms with van der Waals surface area (Å²) in [6.45, 7) is 6.63. The summed E-state index contributed by atoms with van der Waals surface area (Å²) in [7, 11) is 0. The summed E-state index contributed by atoms with van der Waals surface area (Å²) in [4.78, 5) is 8.80. The molecule has 0 aliphatic heterocycles. The van der Waals surface area contributed by atoms with Crippen molar-refractivity contribution in [1.82, 2.24) is 9.97 Å². The summed E-state index contributed by atoms with van der Waals surface area (Å²) in [6.07, 6.45) is 0. The van der Waals surface area contributed by atoms with Crippen LogP contribution in [0.1, 0.15) is 20.8 Å². The van der Waals surface area contributed by atoms with Crippen molar-refractivity contribution in [1.29, 1.82) is 0 Å². The van der Waals surface area contributed by atoms with Gasteiger partial charge in [0, 0.05) is 10.6 Å². The van der Waals surface area contributed by atoms with Crippen molar-refractivity contribution in [2.45, 2.75) is 31.0 Å². The van der Waals surface area contributed by atoms with Gasteiger partial charge < -0.3 is 0 Å². The van der Waals surface area contributed by atoms with Gasteiger partial charge in [0.25, 0.3) is 0 Å². The first-order valence-electron chi connectivity index (χ1n) is 6.02. The van der Waals surface area contributed by atoms with Gasteiger partial charge in [-0.05, 0) is 12.0 Å². The number of fused-ring (bicyclic) bond motifs is 1. The second-order valence-electron chi connectivity index (χ2n) is 4.58. The van der Waals surface area contributed by atoms with E-state index in [9.17, 15) is 0 Å².